The lowest BCUT2D eigenvalue weighted by Crippen LogP contribution is -2.00. The van der Waals surface area contributed by atoms with E-state index >= 15 is 0 Å². The number of rotatable bonds is 6. The number of halogens is 2. The van der Waals surface area contributed by atoms with Crippen molar-refractivity contribution in [3.8, 4) is 22.8 Å². The molecule has 1 heterocycles. The average Bonchev–Trinajstić information content (AvgIpc) is 3.18. The van der Waals surface area contributed by atoms with E-state index in [9.17, 15) is 0 Å². The molecule has 0 spiro atoms. The van der Waals surface area contributed by atoms with Gasteiger partial charge in [0.15, 0.2) is 11.0 Å². The van der Waals surface area contributed by atoms with Crippen LogP contribution in [0.5, 0.6) is 5.75 Å². The van der Waals surface area contributed by atoms with Crippen LogP contribution in [0.4, 0.5) is 0 Å². The van der Waals surface area contributed by atoms with Crippen LogP contribution in [0, 0.1) is 0 Å². The maximum absolute atomic E-state index is 6.33. The van der Waals surface area contributed by atoms with Crippen molar-refractivity contribution in [2.45, 2.75) is 10.9 Å². The van der Waals surface area contributed by atoms with Crippen molar-refractivity contribution in [2.24, 2.45) is 0 Å². The number of methoxy groups -OCH3 is 1. The molecular formula is C22H17Cl2N3OS. The van der Waals surface area contributed by atoms with Gasteiger partial charge in [-0.2, -0.15) is 0 Å². The summed E-state index contributed by atoms with van der Waals surface area (Å²) in [6, 6.07) is 23.4. The van der Waals surface area contributed by atoms with Gasteiger partial charge in [-0.25, -0.2) is 0 Å². The first-order valence-electron chi connectivity index (χ1n) is 8.87. The van der Waals surface area contributed by atoms with Crippen LogP contribution in [-0.4, -0.2) is 21.9 Å². The van der Waals surface area contributed by atoms with Gasteiger partial charge in [-0.3, -0.25) is 4.57 Å². The molecule has 0 aliphatic heterocycles. The second kappa shape index (κ2) is 8.91. The van der Waals surface area contributed by atoms with Crippen LogP contribution in [0.25, 0.3) is 17.1 Å². The molecule has 4 aromatic rings. The summed E-state index contributed by atoms with van der Waals surface area (Å²) in [4.78, 5) is 0. The zero-order chi connectivity index (χ0) is 20.2. The van der Waals surface area contributed by atoms with Crippen molar-refractivity contribution in [1.82, 2.24) is 14.8 Å². The van der Waals surface area contributed by atoms with E-state index in [2.05, 4.69) is 10.2 Å². The van der Waals surface area contributed by atoms with Crippen molar-refractivity contribution in [2.75, 3.05) is 7.11 Å². The van der Waals surface area contributed by atoms with Gasteiger partial charge >= 0.3 is 0 Å². The lowest BCUT2D eigenvalue weighted by atomic mass is 10.2. The third kappa shape index (κ3) is 4.42. The summed E-state index contributed by atoms with van der Waals surface area (Å²) in [7, 11) is 1.65. The lowest BCUT2D eigenvalue weighted by Gasteiger charge is -2.11. The lowest BCUT2D eigenvalue weighted by molar-refractivity contribution is 0.414. The zero-order valence-electron chi connectivity index (χ0n) is 15.5. The Labute approximate surface area is 183 Å². The Hall–Kier alpha value is -2.47. The monoisotopic (exact) mass is 441 g/mol. The standard InChI is InChI=1S/C22H17Cl2N3OS/c1-28-19-11-9-18(10-12-19)27-21(15-5-3-2-4-6-15)25-26-22(27)29-14-16-7-8-17(23)13-20(16)24/h2-13H,14H2,1H3. The predicted molar refractivity (Wildman–Crippen MR) is 119 cm³/mol. The number of nitrogens with zero attached hydrogens (tertiary/aromatic N) is 3. The second-order valence-electron chi connectivity index (χ2n) is 6.23. The quantitative estimate of drug-likeness (QED) is 0.318. The van der Waals surface area contributed by atoms with E-state index in [0.29, 0.717) is 15.8 Å². The molecule has 0 N–H and O–H groups in total. The van der Waals surface area contributed by atoms with Crippen molar-refractivity contribution in [3.05, 3.63) is 88.4 Å². The number of hydrogen-bond donors (Lipinski definition) is 0. The maximum Gasteiger partial charge on any atom is 0.196 e. The summed E-state index contributed by atoms with van der Waals surface area (Å²) in [5.74, 6) is 2.23. The van der Waals surface area contributed by atoms with Gasteiger partial charge in [0.05, 0.1) is 7.11 Å². The summed E-state index contributed by atoms with van der Waals surface area (Å²) < 4.78 is 7.33. The molecule has 0 saturated carbocycles. The highest BCUT2D eigenvalue weighted by Gasteiger charge is 2.17. The predicted octanol–water partition coefficient (Wildman–Crippen LogP) is 6.54. The minimum absolute atomic E-state index is 0.622. The third-order valence-electron chi connectivity index (χ3n) is 4.37. The Kier molecular flexibility index (Phi) is 6.09. The highest BCUT2D eigenvalue weighted by atomic mass is 35.5. The molecule has 4 rings (SSSR count). The van der Waals surface area contributed by atoms with Crippen molar-refractivity contribution >= 4 is 35.0 Å². The summed E-state index contributed by atoms with van der Waals surface area (Å²) in [5.41, 5.74) is 2.94. The molecule has 0 saturated heterocycles. The van der Waals surface area contributed by atoms with Crippen LogP contribution in [0.3, 0.4) is 0 Å². The second-order valence-corrected chi connectivity index (χ2v) is 8.02. The van der Waals surface area contributed by atoms with Gasteiger partial charge in [0.25, 0.3) is 0 Å². The zero-order valence-corrected chi connectivity index (χ0v) is 17.9. The van der Waals surface area contributed by atoms with E-state index < -0.39 is 0 Å². The van der Waals surface area contributed by atoms with E-state index in [-0.39, 0.29) is 0 Å². The fourth-order valence-electron chi connectivity index (χ4n) is 2.88. The molecule has 0 unspecified atom stereocenters. The van der Waals surface area contributed by atoms with E-state index in [4.69, 9.17) is 27.9 Å². The molecule has 0 fully saturated rings. The smallest absolute Gasteiger partial charge is 0.196 e. The molecular weight excluding hydrogens is 425 g/mol. The molecule has 1 aromatic heterocycles. The average molecular weight is 442 g/mol. The number of aromatic nitrogens is 3. The van der Waals surface area contributed by atoms with Gasteiger partial charge < -0.3 is 4.74 Å². The molecule has 0 aliphatic carbocycles. The van der Waals surface area contributed by atoms with Crippen molar-refractivity contribution in [1.29, 1.82) is 0 Å². The molecule has 29 heavy (non-hydrogen) atoms. The Bertz CT molecular complexity index is 1110. The first-order valence-corrected chi connectivity index (χ1v) is 10.6. The molecule has 4 nitrogen and oxygen atoms in total. The van der Waals surface area contributed by atoms with Gasteiger partial charge in [0, 0.05) is 27.0 Å². The molecule has 0 radical (unpaired) electrons. The fourth-order valence-corrected chi connectivity index (χ4v) is 4.39. The Balaban J connectivity index is 1.72. The van der Waals surface area contributed by atoms with Gasteiger partial charge in [-0.15, -0.1) is 10.2 Å². The summed E-state index contributed by atoms with van der Waals surface area (Å²) in [6.07, 6.45) is 0. The van der Waals surface area contributed by atoms with Gasteiger partial charge in [-0.05, 0) is 42.0 Å². The van der Waals surface area contributed by atoms with E-state index in [1.807, 2.05) is 71.3 Å². The molecule has 3 aromatic carbocycles. The largest absolute Gasteiger partial charge is 0.497 e. The molecule has 7 heteroatoms. The SMILES string of the molecule is COc1ccc(-n2c(SCc3ccc(Cl)cc3Cl)nnc2-c2ccccc2)cc1. The number of ether oxygens (including phenoxy) is 1. The van der Waals surface area contributed by atoms with Crippen LogP contribution >= 0.6 is 35.0 Å². The molecule has 146 valence electrons. The van der Waals surface area contributed by atoms with Crippen molar-refractivity contribution < 1.29 is 4.74 Å². The number of hydrogen-bond acceptors (Lipinski definition) is 4. The number of thioether (sulfide) groups is 1. The number of benzene rings is 3. The third-order valence-corrected chi connectivity index (χ3v) is 5.93. The van der Waals surface area contributed by atoms with Gasteiger partial charge in [0.2, 0.25) is 0 Å². The molecule has 0 bridgehead atoms. The highest BCUT2D eigenvalue weighted by molar-refractivity contribution is 7.98. The van der Waals surface area contributed by atoms with Crippen molar-refractivity contribution in [3.63, 3.8) is 0 Å². The summed E-state index contributed by atoms with van der Waals surface area (Å²) >= 11 is 13.9. The minimum atomic E-state index is 0.622. The van der Waals surface area contributed by atoms with Crippen LogP contribution in [0.1, 0.15) is 5.56 Å². The highest BCUT2D eigenvalue weighted by Crippen LogP contribution is 2.32. The molecule has 0 atom stereocenters. The van der Waals surface area contributed by atoms with Crippen LogP contribution in [0.2, 0.25) is 10.0 Å². The van der Waals surface area contributed by atoms with E-state index in [1.54, 1.807) is 24.9 Å². The maximum atomic E-state index is 6.33. The first-order chi connectivity index (χ1) is 14.2. The Morgan fingerprint density at radius 3 is 2.38 bits per heavy atom. The van der Waals surface area contributed by atoms with Gasteiger partial charge in [-0.1, -0.05) is 71.4 Å². The normalized spacial score (nSPS) is 10.9. The summed E-state index contributed by atoms with van der Waals surface area (Å²) in [5, 5.41) is 11.0. The van der Waals surface area contributed by atoms with E-state index in [1.165, 1.54) is 0 Å². The first kappa shape index (κ1) is 19.8. The van der Waals surface area contributed by atoms with E-state index in [0.717, 1.165) is 33.5 Å². The topological polar surface area (TPSA) is 39.9 Å². The Morgan fingerprint density at radius 2 is 1.69 bits per heavy atom. The minimum Gasteiger partial charge on any atom is -0.497 e. The fraction of sp³-hybridized carbons (Fsp3) is 0.0909. The van der Waals surface area contributed by atoms with Gasteiger partial charge in [0.1, 0.15) is 5.75 Å². The van der Waals surface area contributed by atoms with Crippen LogP contribution in [0.15, 0.2) is 78.0 Å². The van der Waals surface area contributed by atoms with Crippen LogP contribution < -0.4 is 4.74 Å². The molecule has 0 amide bonds. The van der Waals surface area contributed by atoms with Crippen LogP contribution in [-0.2, 0) is 5.75 Å². The molecule has 0 aliphatic rings. The summed E-state index contributed by atoms with van der Waals surface area (Å²) in [6.45, 7) is 0. The Morgan fingerprint density at radius 1 is 0.931 bits per heavy atom.